The summed E-state index contributed by atoms with van der Waals surface area (Å²) in [6.45, 7) is 6.59. The van der Waals surface area contributed by atoms with E-state index in [1.54, 1.807) is 18.5 Å². The molecule has 1 aromatic carbocycles. The van der Waals surface area contributed by atoms with Gasteiger partial charge in [0.05, 0.1) is 0 Å². The molecule has 2 heterocycles. The predicted molar refractivity (Wildman–Crippen MR) is 120 cm³/mol. The van der Waals surface area contributed by atoms with Gasteiger partial charge in [-0.05, 0) is 44.4 Å². The summed E-state index contributed by atoms with van der Waals surface area (Å²) in [5.41, 5.74) is 2.30. The van der Waals surface area contributed by atoms with Crippen LogP contribution in [-0.4, -0.2) is 47.9 Å². The number of imidazole rings is 1. The fraction of sp³-hybridized carbons (Fsp3) is 0.545. The fourth-order valence-corrected chi connectivity index (χ4v) is 4.78. The Balaban J connectivity index is 1.40. The SMILES string of the molecule is Cc1nc(S(=O)(=O)NCCC(=O)NCc2ccc(CN3CCCC[C@H]3C)cc2)cn1C. The number of nitrogens with one attached hydrogen (secondary N) is 2. The first-order valence-corrected chi connectivity index (χ1v) is 12.3. The van der Waals surface area contributed by atoms with Gasteiger partial charge in [-0.25, -0.2) is 18.1 Å². The quantitative estimate of drug-likeness (QED) is 0.614. The molecule has 3 rings (SSSR count). The van der Waals surface area contributed by atoms with Gasteiger partial charge in [0, 0.05) is 45.3 Å². The summed E-state index contributed by atoms with van der Waals surface area (Å²) in [5.74, 6) is 0.403. The Morgan fingerprint density at radius 3 is 2.55 bits per heavy atom. The smallest absolute Gasteiger partial charge is 0.259 e. The maximum absolute atomic E-state index is 12.2. The van der Waals surface area contributed by atoms with E-state index in [1.165, 1.54) is 31.0 Å². The van der Waals surface area contributed by atoms with Crippen molar-refractivity contribution >= 4 is 15.9 Å². The number of benzene rings is 1. The summed E-state index contributed by atoms with van der Waals surface area (Å²) >= 11 is 0. The normalized spacial score (nSPS) is 17.6. The largest absolute Gasteiger partial charge is 0.352 e. The molecule has 9 heteroatoms. The Hall–Kier alpha value is -2.23. The molecule has 0 aliphatic carbocycles. The Morgan fingerprint density at radius 2 is 1.90 bits per heavy atom. The van der Waals surface area contributed by atoms with Crippen LogP contribution in [0.2, 0.25) is 0 Å². The van der Waals surface area contributed by atoms with E-state index in [4.69, 9.17) is 0 Å². The molecule has 0 bridgehead atoms. The fourth-order valence-electron chi connectivity index (χ4n) is 3.71. The molecule has 2 aromatic rings. The van der Waals surface area contributed by atoms with Gasteiger partial charge >= 0.3 is 0 Å². The van der Waals surface area contributed by atoms with E-state index >= 15 is 0 Å². The number of likely N-dealkylation sites (tertiary alicyclic amines) is 1. The second-order valence-corrected chi connectivity index (χ2v) is 10.0. The van der Waals surface area contributed by atoms with Gasteiger partial charge in [0.25, 0.3) is 10.0 Å². The third kappa shape index (κ3) is 6.62. The molecule has 1 aliphatic heterocycles. The van der Waals surface area contributed by atoms with Gasteiger partial charge in [-0.3, -0.25) is 9.69 Å². The van der Waals surface area contributed by atoms with Crippen LogP contribution in [0, 0.1) is 6.92 Å². The zero-order chi connectivity index (χ0) is 22.4. The van der Waals surface area contributed by atoms with E-state index in [2.05, 4.69) is 39.0 Å². The second-order valence-electron chi connectivity index (χ2n) is 8.29. The maximum atomic E-state index is 12.2. The number of carbonyl (C=O) groups is 1. The molecule has 0 saturated carbocycles. The standard InChI is InChI=1S/C22H33N5O3S/c1-17-6-4-5-13-27(17)15-20-9-7-19(8-10-20)14-23-21(28)11-12-24-31(29,30)22-16-26(3)18(2)25-22/h7-10,16-17,24H,4-6,11-15H2,1-3H3,(H,23,28)/t17-/m1/s1. The number of hydrogen-bond acceptors (Lipinski definition) is 5. The van der Waals surface area contributed by atoms with Crippen molar-refractivity contribution in [3.63, 3.8) is 0 Å². The monoisotopic (exact) mass is 447 g/mol. The van der Waals surface area contributed by atoms with E-state index in [0.717, 1.165) is 18.7 Å². The summed E-state index contributed by atoms with van der Waals surface area (Å²) in [5, 5.41) is 2.81. The number of piperidine rings is 1. The van der Waals surface area contributed by atoms with Gasteiger partial charge in [-0.2, -0.15) is 0 Å². The summed E-state index contributed by atoms with van der Waals surface area (Å²) in [7, 11) is -1.98. The van der Waals surface area contributed by atoms with Crippen molar-refractivity contribution in [3.05, 3.63) is 47.4 Å². The minimum Gasteiger partial charge on any atom is -0.352 e. The molecule has 1 saturated heterocycles. The highest BCUT2D eigenvalue weighted by Crippen LogP contribution is 2.19. The molecule has 2 N–H and O–H groups in total. The first-order valence-electron chi connectivity index (χ1n) is 10.8. The minimum atomic E-state index is -3.71. The van der Waals surface area contributed by atoms with E-state index in [1.807, 2.05) is 12.1 Å². The predicted octanol–water partition coefficient (Wildman–Crippen LogP) is 2.09. The van der Waals surface area contributed by atoms with Crippen LogP contribution in [0.1, 0.15) is 49.6 Å². The Labute approximate surface area is 185 Å². The first kappa shape index (κ1) is 23.4. The van der Waals surface area contributed by atoms with Crippen LogP contribution >= 0.6 is 0 Å². The Bertz CT molecular complexity index is 966. The molecular weight excluding hydrogens is 414 g/mol. The number of hydrogen-bond donors (Lipinski definition) is 2. The van der Waals surface area contributed by atoms with Crippen molar-refractivity contribution in [2.75, 3.05) is 13.1 Å². The van der Waals surface area contributed by atoms with Crippen LogP contribution in [0.15, 0.2) is 35.5 Å². The molecule has 1 atom stereocenters. The molecule has 0 spiro atoms. The Morgan fingerprint density at radius 1 is 1.19 bits per heavy atom. The summed E-state index contributed by atoms with van der Waals surface area (Å²) in [6, 6.07) is 8.94. The van der Waals surface area contributed by atoms with Crippen LogP contribution in [0.5, 0.6) is 0 Å². The van der Waals surface area contributed by atoms with Crippen molar-refractivity contribution in [1.29, 1.82) is 0 Å². The second kappa shape index (κ2) is 10.4. The number of carbonyl (C=O) groups excluding carboxylic acids is 1. The van der Waals surface area contributed by atoms with Crippen LogP contribution in [-0.2, 0) is 35.0 Å². The van der Waals surface area contributed by atoms with E-state index in [-0.39, 0.29) is 23.9 Å². The van der Waals surface area contributed by atoms with Gasteiger partial charge in [0.1, 0.15) is 5.82 Å². The maximum Gasteiger partial charge on any atom is 0.259 e. The average Bonchev–Trinajstić information content (AvgIpc) is 3.08. The van der Waals surface area contributed by atoms with E-state index in [0.29, 0.717) is 18.4 Å². The van der Waals surface area contributed by atoms with E-state index in [9.17, 15) is 13.2 Å². The van der Waals surface area contributed by atoms with Crippen molar-refractivity contribution < 1.29 is 13.2 Å². The zero-order valence-electron chi connectivity index (χ0n) is 18.6. The highest BCUT2D eigenvalue weighted by molar-refractivity contribution is 7.89. The van der Waals surface area contributed by atoms with Crippen LogP contribution in [0.3, 0.4) is 0 Å². The lowest BCUT2D eigenvalue weighted by Gasteiger charge is -2.33. The molecule has 1 fully saturated rings. The van der Waals surface area contributed by atoms with Crippen molar-refractivity contribution in [2.24, 2.45) is 7.05 Å². The van der Waals surface area contributed by atoms with Crippen molar-refractivity contribution in [3.8, 4) is 0 Å². The molecule has 8 nitrogen and oxygen atoms in total. The lowest BCUT2D eigenvalue weighted by Crippen LogP contribution is -2.36. The van der Waals surface area contributed by atoms with Gasteiger partial charge < -0.3 is 9.88 Å². The van der Waals surface area contributed by atoms with Gasteiger partial charge in [0.2, 0.25) is 5.91 Å². The molecule has 0 unspecified atom stereocenters. The van der Waals surface area contributed by atoms with E-state index < -0.39 is 10.0 Å². The zero-order valence-corrected chi connectivity index (χ0v) is 19.4. The topological polar surface area (TPSA) is 96.3 Å². The summed E-state index contributed by atoms with van der Waals surface area (Å²) in [4.78, 5) is 18.6. The lowest BCUT2D eigenvalue weighted by molar-refractivity contribution is -0.121. The van der Waals surface area contributed by atoms with Gasteiger partial charge in [-0.15, -0.1) is 0 Å². The molecule has 170 valence electrons. The molecule has 0 radical (unpaired) electrons. The van der Waals surface area contributed by atoms with Crippen molar-refractivity contribution in [1.82, 2.24) is 24.5 Å². The molecule has 1 aromatic heterocycles. The first-order chi connectivity index (χ1) is 14.7. The van der Waals surface area contributed by atoms with Gasteiger partial charge in [0.15, 0.2) is 5.03 Å². The Kier molecular flexibility index (Phi) is 7.85. The third-order valence-corrected chi connectivity index (χ3v) is 7.18. The third-order valence-electron chi connectivity index (χ3n) is 5.84. The summed E-state index contributed by atoms with van der Waals surface area (Å²) < 4.78 is 28.5. The van der Waals surface area contributed by atoms with Crippen molar-refractivity contribution in [2.45, 2.75) is 63.7 Å². The molecule has 1 amide bonds. The number of nitrogens with zero attached hydrogens (tertiary/aromatic N) is 3. The molecule has 31 heavy (non-hydrogen) atoms. The van der Waals surface area contributed by atoms with Crippen LogP contribution in [0.25, 0.3) is 0 Å². The number of rotatable bonds is 9. The number of amides is 1. The average molecular weight is 448 g/mol. The lowest BCUT2D eigenvalue weighted by atomic mass is 10.0. The molecular formula is C22H33N5O3S. The van der Waals surface area contributed by atoms with Gasteiger partial charge in [-0.1, -0.05) is 30.7 Å². The minimum absolute atomic E-state index is 0.0245. The summed E-state index contributed by atoms with van der Waals surface area (Å²) in [6.07, 6.45) is 5.37. The van der Waals surface area contributed by atoms with Crippen LogP contribution < -0.4 is 10.0 Å². The number of aryl methyl sites for hydroxylation is 2. The highest BCUT2D eigenvalue weighted by atomic mass is 32.2. The molecule has 1 aliphatic rings. The number of sulfonamides is 1. The highest BCUT2D eigenvalue weighted by Gasteiger charge is 2.19. The number of aromatic nitrogens is 2. The van der Waals surface area contributed by atoms with Crippen LogP contribution in [0.4, 0.5) is 0 Å².